The molecule has 2 unspecified atom stereocenters. The zero-order valence-electron chi connectivity index (χ0n) is 16.3. The number of rotatable bonds is 4. The largest absolute Gasteiger partial charge is 0.382 e. The minimum atomic E-state index is 0.142. The van der Waals surface area contributed by atoms with Crippen molar-refractivity contribution in [2.75, 3.05) is 12.3 Å². The van der Waals surface area contributed by atoms with Crippen LogP contribution in [0.1, 0.15) is 30.0 Å². The Balaban J connectivity index is 1.35. The van der Waals surface area contributed by atoms with Crippen molar-refractivity contribution >= 4 is 60.8 Å². The summed E-state index contributed by atoms with van der Waals surface area (Å²) >= 11 is 7.91. The van der Waals surface area contributed by atoms with Crippen LogP contribution < -0.4 is 5.73 Å². The van der Waals surface area contributed by atoms with Crippen molar-refractivity contribution in [1.82, 2.24) is 14.5 Å². The summed E-state index contributed by atoms with van der Waals surface area (Å²) in [6, 6.07) is 12.4. The second-order valence-corrected chi connectivity index (χ2v) is 9.21. The molecule has 4 heterocycles. The molecule has 0 saturated carbocycles. The molecule has 30 heavy (non-hydrogen) atoms. The molecular formula is C23H19ClN4OS. The highest BCUT2D eigenvalue weighted by molar-refractivity contribution is 7.17. The summed E-state index contributed by atoms with van der Waals surface area (Å²) in [6.45, 7) is 3.38. The van der Waals surface area contributed by atoms with Crippen LogP contribution in [0.5, 0.6) is 0 Å². The Morgan fingerprint density at radius 3 is 3.07 bits per heavy atom. The van der Waals surface area contributed by atoms with Gasteiger partial charge in [-0.3, -0.25) is 0 Å². The third-order valence-electron chi connectivity index (χ3n) is 6.18. The highest BCUT2D eigenvalue weighted by Crippen LogP contribution is 2.43. The number of nitrogens with two attached hydrogens (primary N) is 1. The lowest BCUT2D eigenvalue weighted by atomic mass is 9.87. The average Bonchev–Trinajstić information content (AvgIpc) is 3.35. The van der Waals surface area contributed by atoms with Crippen molar-refractivity contribution in [2.24, 2.45) is 0 Å². The number of thiophene rings is 1. The minimum absolute atomic E-state index is 0.142. The first-order valence-corrected chi connectivity index (χ1v) is 11.2. The minimum Gasteiger partial charge on any atom is -0.382 e. The fourth-order valence-electron chi connectivity index (χ4n) is 4.65. The van der Waals surface area contributed by atoms with E-state index in [9.17, 15) is 0 Å². The molecule has 0 radical (unpaired) electrons. The maximum absolute atomic E-state index is 6.25. The van der Waals surface area contributed by atoms with Crippen LogP contribution in [-0.2, 0) is 11.3 Å². The Labute approximate surface area is 182 Å². The van der Waals surface area contributed by atoms with Crippen molar-refractivity contribution in [3.8, 4) is 0 Å². The fourth-order valence-corrected chi connectivity index (χ4v) is 5.75. The van der Waals surface area contributed by atoms with Crippen molar-refractivity contribution < 1.29 is 4.74 Å². The van der Waals surface area contributed by atoms with Gasteiger partial charge in [0.2, 0.25) is 0 Å². The number of ether oxygens (including phenoxy) is 1. The molecule has 2 N–H and O–H groups in total. The van der Waals surface area contributed by atoms with Gasteiger partial charge in [0, 0.05) is 21.0 Å². The fraction of sp³-hybridized carbons (Fsp3) is 0.217. The zero-order chi connectivity index (χ0) is 20.4. The van der Waals surface area contributed by atoms with Gasteiger partial charge in [-0.05, 0) is 46.2 Å². The molecule has 0 saturated heterocycles. The normalized spacial score (nSPS) is 18.2. The molecule has 0 amide bonds. The third kappa shape index (κ3) is 2.57. The number of halogens is 1. The standard InChI is InChI=1S/C23H19ClN4OS/c1-12-15-3-2-4-17-20(15)22-21(23(25)27-17)26-11-28(22)18(12)9-29-8-13-10-30-19-6-5-14(24)7-16(13)19/h2-7,10-12,18H,8-9H2,1H3,(H2,25,27). The van der Waals surface area contributed by atoms with Gasteiger partial charge in [-0.25, -0.2) is 9.97 Å². The molecule has 150 valence electrons. The van der Waals surface area contributed by atoms with Gasteiger partial charge in [0.1, 0.15) is 5.52 Å². The molecule has 6 rings (SSSR count). The van der Waals surface area contributed by atoms with Crippen LogP contribution in [0.2, 0.25) is 5.02 Å². The van der Waals surface area contributed by atoms with E-state index in [2.05, 4.69) is 45.0 Å². The van der Waals surface area contributed by atoms with Crippen LogP contribution in [0.15, 0.2) is 48.1 Å². The van der Waals surface area contributed by atoms with Crippen LogP contribution in [-0.4, -0.2) is 21.1 Å². The predicted molar refractivity (Wildman–Crippen MR) is 123 cm³/mol. The molecular weight excluding hydrogens is 416 g/mol. The predicted octanol–water partition coefficient (Wildman–Crippen LogP) is 5.91. The van der Waals surface area contributed by atoms with E-state index in [1.165, 1.54) is 21.2 Å². The molecule has 1 aliphatic rings. The van der Waals surface area contributed by atoms with Crippen molar-refractivity contribution in [3.05, 3.63) is 64.3 Å². The number of nitrogens with zero attached hydrogens (tertiary/aromatic N) is 3. The van der Waals surface area contributed by atoms with Gasteiger partial charge in [0.25, 0.3) is 0 Å². The number of anilines is 1. The summed E-state index contributed by atoms with van der Waals surface area (Å²) in [7, 11) is 0. The van der Waals surface area contributed by atoms with Gasteiger partial charge in [0.05, 0.1) is 36.6 Å². The van der Waals surface area contributed by atoms with Crippen LogP contribution in [0, 0.1) is 0 Å². The second kappa shape index (κ2) is 6.67. The Bertz CT molecular complexity index is 1440. The number of pyridine rings is 1. The van der Waals surface area contributed by atoms with Gasteiger partial charge in [-0.2, -0.15) is 0 Å². The summed E-state index contributed by atoms with van der Waals surface area (Å²) < 4.78 is 9.69. The maximum atomic E-state index is 6.25. The highest BCUT2D eigenvalue weighted by Gasteiger charge is 2.31. The van der Waals surface area contributed by atoms with Crippen molar-refractivity contribution in [3.63, 3.8) is 0 Å². The Hall–Kier alpha value is -2.67. The van der Waals surface area contributed by atoms with E-state index in [-0.39, 0.29) is 12.0 Å². The van der Waals surface area contributed by atoms with E-state index in [1.54, 1.807) is 11.3 Å². The molecule has 2 atom stereocenters. The van der Waals surface area contributed by atoms with E-state index in [0.717, 1.165) is 27.0 Å². The summed E-state index contributed by atoms with van der Waals surface area (Å²) in [6.07, 6.45) is 1.88. The lowest BCUT2D eigenvalue weighted by Gasteiger charge is -2.31. The van der Waals surface area contributed by atoms with Gasteiger partial charge in [-0.1, -0.05) is 30.7 Å². The first-order valence-electron chi connectivity index (χ1n) is 9.90. The first kappa shape index (κ1) is 18.1. The molecule has 5 aromatic rings. The molecule has 3 aromatic heterocycles. The second-order valence-electron chi connectivity index (χ2n) is 7.86. The van der Waals surface area contributed by atoms with Crippen LogP contribution >= 0.6 is 22.9 Å². The van der Waals surface area contributed by atoms with E-state index < -0.39 is 0 Å². The Kier molecular flexibility index (Phi) is 4.03. The topological polar surface area (TPSA) is 66.0 Å². The summed E-state index contributed by atoms with van der Waals surface area (Å²) in [5.74, 6) is 0.752. The molecule has 5 nitrogen and oxygen atoms in total. The van der Waals surface area contributed by atoms with E-state index >= 15 is 0 Å². The lowest BCUT2D eigenvalue weighted by molar-refractivity contribution is 0.0844. The van der Waals surface area contributed by atoms with E-state index in [0.29, 0.717) is 19.0 Å². The molecule has 0 fully saturated rings. The first-order chi connectivity index (χ1) is 14.6. The van der Waals surface area contributed by atoms with Crippen LogP contribution in [0.4, 0.5) is 5.82 Å². The summed E-state index contributed by atoms with van der Waals surface area (Å²) in [4.78, 5) is 9.14. The van der Waals surface area contributed by atoms with Crippen molar-refractivity contribution in [2.45, 2.75) is 25.5 Å². The SMILES string of the molecule is CC1c2cccc3nc(N)c4ncn(c4c23)C1COCc1csc2ccc(Cl)cc12. The Morgan fingerprint density at radius 1 is 1.27 bits per heavy atom. The summed E-state index contributed by atoms with van der Waals surface area (Å²) in [5.41, 5.74) is 11.4. The third-order valence-corrected chi connectivity index (χ3v) is 7.42. The molecule has 0 spiro atoms. The molecule has 2 aromatic carbocycles. The zero-order valence-corrected chi connectivity index (χ0v) is 17.9. The average molecular weight is 435 g/mol. The maximum Gasteiger partial charge on any atom is 0.152 e. The number of hydrogen-bond acceptors (Lipinski definition) is 5. The molecule has 0 bridgehead atoms. The molecule has 1 aliphatic heterocycles. The molecule has 0 aliphatic carbocycles. The number of nitrogen functional groups attached to an aromatic ring is 1. The number of aromatic nitrogens is 3. The quantitative estimate of drug-likeness (QED) is 0.382. The van der Waals surface area contributed by atoms with Gasteiger partial charge in [-0.15, -0.1) is 11.3 Å². The summed E-state index contributed by atoms with van der Waals surface area (Å²) in [5, 5.41) is 5.23. The number of fused-ring (bicyclic) bond motifs is 1. The number of benzene rings is 2. The van der Waals surface area contributed by atoms with Gasteiger partial charge < -0.3 is 15.0 Å². The van der Waals surface area contributed by atoms with Crippen LogP contribution in [0.3, 0.4) is 0 Å². The number of hydrogen-bond donors (Lipinski definition) is 1. The van der Waals surface area contributed by atoms with Crippen LogP contribution in [0.25, 0.3) is 32.0 Å². The van der Waals surface area contributed by atoms with Gasteiger partial charge >= 0.3 is 0 Å². The van der Waals surface area contributed by atoms with E-state index in [1.807, 2.05) is 24.5 Å². The molecule has 7 heteroatoms. The van der Waals surface area contributed by atoms with Crippen molar-refractivity contribution in [1.29, 1.82) is 0 Å². The van der Waals surface area contributed by atoms with E-state index in [4.69, 9.17) is 22.1 Å². The number of imidazole rings is 1. The highest BCUT2D eigenvalue weighted by atomic mass is 35.5. The Morgan fingerprint density at radius 2 is 2.17 bits per heavy atom. The van der Waals surface area contributed by atoms with Gasteiger partial charge in [0.15, 0.2) is 5.82 Å². The lowest BCUT2D eigenvalue weighted by Crippen LogP contribution is -2.24. The monoisotopic (exact) mass is 434 g/mol. The smallest absolute Gasteiger partial charge is 0.152 e.